The minimum Gasteiger partial charge on any atom is -0.486 e. The van der Waals surface area contributed by atoms with Crippen LogP contribution in [-0.2, 0) is 23.8 Å². The molecular formula is C16H13N3O4S. The van der Waals surface area contributed by atoms with Gasteiger partial charge >= 0.3 is 0 Å². The standard InChI is InChI=1S/C16H13N3O4S/c1-19-15-7-6-13(24(20,21)22)8-14(15)18-16(19)10-23-12-4-2-11(9-17)3-5-12/h2-8H,10H2,1H3,(H,20,21,22). The summed E-state index contributed by atoms with van der Waals surface area (Å²) in [6.45, 7) is 0.179. The molecule has 0 aliphatic rings. The summed E-state index contributed by atoms with van der Waals surface area (Å²) in [5.41, 5.74) is 1.72. The van der Waals surface area contributed by atoms with Gasteiger partial charge in [0.15, 0.2) is 0 Å². The second-order valence-corrected chi connectivity index (χ2v) is 6.56. The van der Waals surface area contributed by atoms with Gasteiger partial charge in [-0.2, -0.15) is 13.7 Å². The minimum atomic E-state index is -4.27. The molecule has 2 aromatic carbocycles. The number of hydrogen-bond acceptors (Lipinski definition) is 5. The summed E-state index contributed by atoms with van der Waals surface area (Å²) in [5.74, 6) is 1.20. The van der Waals surface area contributed by atoms with Gasteiger partial charge in [-0.15, -0.1) is 0 Å². The smallest absolute Gasteiger partial charge is 0.294 e. The van der Waals surface area contributed by atoms with Crippen molar-refractivity contribution in [1.82, 2.24) is 9.55 Å². The van der Waals surface area contributed by atoms with Crippen LogP contribution in [-0.4, -0.2) is 22.5 Å². The molecule has 0 saturated heterocycles. The molecule has 0 atom stereocenters. The Bertz CT molecular complexity index is 1050. The summed E-state index contributed by atoms with van der Waals surface area (Å²) in [4.78, 5) is 4.14. The van der Waals surface area contributed by atoms with Crippen molar-refractivity contribution in [3.05, 3.63) is 53.9 Å². The SMILES string of the molecule is Cn1c(COc2ccc(C#N)cc2)nc2cc(S(=O)(=O)O)ccc21. The van der Waals surface area contributed by atoms with Gasteiger partial charge in [0.25, 0.3) is 10.1 Å². The van der Waals surface area contributed by atoms with Crippen LogP contribution < -0.4 is 4.74 Å². The highest BCUT2D eigenvalue weighted by atomic mass is 32.2. The van der Waals surface area contributed by atoms with Crippen LogP contribution >= 0.6 is 0 Å². The average molecular weight is 343 g/mol. The van der Waals surface area contributed by atoms with Gasteiger partial charge in [-0.25, -0.2) is 4.98 Å². The average Bonchev–Trinajstić information content (AvgIpc) is 2.88. The molecular weight excluding hydrogens is 330 g/mol. The summed E-state index contributed by atoms with van der Waals surface area (Å²) in [6, 6.07) is 12.9. The Hall–Kier alpha value is -2.89. The van der Waals surface area contributed by atoms with Crippen molar-refractivity contribution in [1.29, 1.82) is 5.26 Å². The molecule has 0 fully saturated rings. The van der Waals surface area contributed by atoms with E-state index in [0.717, 1.165) is 5.52 Å². The van der Waals surface area contributed by atoms with E-state index in [1.807, 2.05) is 6.07 Å². The van der Waals surface area contributed by atoms with Gasteiger partial charge in [0.2, 0.25) is 0 Å². The van der Waals surface area contributed by atoms with Gasteiger partial charge in [-0.1, -0.05) is 0 Å². The van der Waals surface area contributed by atoms with Crippen molar-refractivity contribution < 1.29 is 17.7 Å². The Morgan fingerprint density at radius 1 is 1.25 bits per heavy atom. The van der Waals surface area contributed by atoms with Crippen molar-refractivity contribution in [3.8, 4) is 11.8 Å². The minimum absolute atomic E-state index is 0.179. The predicted molar refractivity (Wildman–Crippen MR) is 86.0 cm³/mol. The first kappa shape index (κ1) is 16.0. The zero-order valence-electron chi connectivity index (χ0n) is 12.7. The molecule has 0 aliphatic carbocycles. The molecule has 3 aromatic rings. The third-order valence-electron chi connectivity index (χ3n) is 3.59. The Morgan fingerprint density at radius 2 is 1.96 bits per heavy atom. The summed E-state index contributed by atoms with van der Waals surface area (Å²) in [7, 11) is -2.48. The molecule has 24 heavy (non-hydrogen) atoms. The Labute approximate surface area is 138 Å². The molecule has 7 nitrogen and oxygen atoms in total. The molecule has 1 aromatic heterocycles. The van der Waals surface area contributed by atoms with E-state index in [-0.39, 0.29) is 11.5 Å². The van der Waals surface area contributed by atoms with Crippen LogP contribution in [0.4, 0.5) is 0 Å². The number of nitriles is 1. The maximum absolute atomic E-state index is 11.2. The van der Waals surface area contributed by atoms with Crippen LogP contribution in [0.15, 0.2) is 47.4 Å². The van der Waals surface area contributed by atoms with E-state index in [9.17, 15) is 8.42 Å². The van der Waals surface area contributed by atoms with Crippen LogP contribution in [0.25, 0.3) is 11.0 Å². The van der Waals surface area contributed by atoms with E-state index >= 15 is 0 Å². The second-order valence-electron chi connectivity index (χ2n) is 5.14. The Morgan fingerprint density at radius 3 is 2.58 bits per heavy atom. The van der Waals surface area contributed by atoms with Crippen molar-refractivity contribution in [3.63, 3.8) is 0 Å². The number of aryl methyl sites for hydroxylation is 1. The van der Waals surface area contributed by atoms with Crippen LogP contribution in [0.3, 0.4) is 0 Å². The van der Waals surface area contributed by atoms with E-state index in [0.29, 0.717) is 22.7 Å². The quantitative estimate of drug-likeness (QED) is 0.729. The zero-order valence-corrected chi connectivity index (χ0v) is 13.5. The number of nitrogens with zero attached hydrogens (tertiary/aromatic N) is 3. The molecule has 0 amide bonds. The van der Waals surface area contributed by atoms with Gasteiger partial charge in [-0.05, 0) is 42.5 Å². The van der Waals surface area contributed by atoms with Crippen LogP contribution in [0.5, 0.6) is 5.75 Å². The molecule has 122 valence electrons. The zero-order chi connectivity index (χ0) is 17.3. The molecule has 0 saturated carbocycles. The summed E-state index contributed by atoms with van der Waals surface area (Å²) in [5, 5.41) is 8.77. The molecule has 0 unspecified atom stereocenters. The molecule has 3 rings (SSSR count). The van der Waals surface area contributed by atoms with Crippen molar-refractivity contribution in [2.75, 3.05) is 0 Å². The van der Waals surface area contributed by atoms with E-state index in [1.165, 1.54) is 12.1 Å². The number of ether oxygens (including phenoxy) is 1. The van der Waals surface area contributed by atoms with Gasteiger partial charge in [-0.3, -0.25) is 4.55 Å². The fourth-order valence-electron chi connectivity index (χ4n) is 2.29. The monoisotopic (exact) mass is 343 g/mol. The second kappa shape index (κ2) is 5.96. The molecule has 1 heterocycles. The lowest BCUT2D eigenvalue weighted by atomic mass is 10.2. The lowest BCUT2D eigenvalue weighted by Gasteiger charge is -2.06. The van der Waals surface area contributed by atoms with Crippen molar-refractivity contribution in [2.24, 2.45) is 7.05 Å². The van der Waals surface area contributed by atoms with Gasteiger partial charge in [0, 0.05) is 7.05 Å². The molecule has 0 radical (unpaired) electrons. The maximum atomic E-state index is 11.2. The molecule has 1 N–H and O–H groups in total. The first-order valence-electron chi connectivity index (χ1n) is 6.94. The first-order chi connectivity index (χ1) is 11.4. The van der Waals surface area contributed by atoms with Gasteiger partial charge in [0.1, 0.15) is 18.2 Å². The van der Waals surface area contributed by atoms with Gasteiger partial charge in [0.05, 0.1) is 27.6 Å². The largest absolute Gasteiger partial charge is 0.486 e. The molecule has 0 aliphatic heterocycles. The number of aromatic nitrogens is 2. The van der Waals surface area contributed by atoms with E-state index in [2.05, 4.69) is 4.98 Å². The number of rotatable bonds is 4. The van der Waals surface area contributed by atoms with Crippen LogP contribution in [0.1, 0.15) is 11.4 Å². The molecule has 0 spiro atoms. The number of fused-ring (bicyclic) bond motifs is 1. The van der Waals surface area contributed by atoms with E-state index < -0.39 is 10.1 Å². The summed E-state index contributed by atoms with van der Waals surface area (Å²) < 4.78 is 38.9. The highest BCUT2D eigenvalue weighted by molar-refractivity contribution is 7.85. The van der Waals surface area contributed by atoms with E-state index in [4.69, 9.17) is 14.6 Å². The third kappa shape index (κ3) is 3.08. The van der Waals surface area contributed by atoms with Gasteiger partial charge < -0.3 is 9.30 Å². The van der Waals surface area contributed by atoms with Crippen molar-refractivity contribution >= 4 is 21.2 Å². The highest BCUT2D eigenvalue weighted by Gasteiger charge is 2.14. The fraction of sp³-hybridized carbons (Fsp3) is 0.125. The number of benzene rings is 2. The highest BCUT2D eigenvalue weighted by Crippen LogP contribution is 2.21. The third-order valence-corrected chi connectivity index (χ3v) is 4.44. The Kier molecular flexibility index (Phi) is 3.97. The summed E-state index contributed by atoms with van der Waals surface area (Å²) in [6.07, 6.45) is 0. The number of hydrogen-bond donors (Lipinski definition) is 1. The Balaban J connectivity index is 1.86. The normalized spacial score (nSPS) is 11.4. The fourth-order valence-corrected chi connectivity index (χ4v) is 2.79. The number of imidazole rings is 1. The first-order valence-corrected chi connectivity index (χ1v) is 8.38. The lowest BCUT2D eigenvalue weighted by molar-refractivity contribution is 0.292. The topological polar surface area (TPSA) is 105 Å². The van der Waals surface area contributed by atoms with Crippen LogP contribution in [0.2, 0.25) is 0 Å². The van der Waals surface area contributed by atoms with Crippen molar-refractivity contribution in [2.45, 2.75) is 11.5 Å². The molecule has 0 bridgehead atoms. The molecule has 8 heteroatoms. The summed E-state index contributed by atoms with van der Waals surface area (Å²) >= 11 is 0. The lowest BCUT2D eigenvalue weighted by Crippen LogP contribution is -2.03. The predicted octanol–water partition coefficient (Wildman–Crippen LogP) is 2.27. The maximum Gasteiger partial charge on any atom is 0.294 e. The van der Waals surface area contributed by atoms with E-state index in [1.54, 1.807) is 41.9 Å². The van der Waals surface area contributed by atoms with Crippen LogP contribution in [0, 0.1) is 11.3 Å².